The lowest BCUT2D eigenvalue weighted by molar-refractivity contribution is 0.0525. The fourth-order valence-electron chi connectivity index (χ4n) is 3.75. The third-order valence-corrected chi connectivity index (χ3v) is 5.55. The summed E-state index contributed by atoms with van der Waals surface area (Å²) in [6, 6.07) is 8.42. The SMILES string of the molecule is CCOC(=O)c1c(C)cc2c(c1C)c(=O)n(-c1ccccc1Cl)c(=O)n2CCN(C)C. The van der Waals surface area contributed by atoms with E-state index in [9.17, 15) is 14.4 Å². The molecule has 3 aromatic rings. The monoisotopic (exact) mass is 443 g/mol. The largest absolute Gasteiger partial charge is 0.462 e. The van der Waals surface area contributed by atoms with Crippen LogP contribution in [0.15, 0.2) is 39.9 Å². The molecule has 0 aliphatic carbocycles. The highest BCUT2D eigenvalue weighted by atomic mass is 35.5. The molecule has 1 aromatic heterocycles. The number of para-hydroxylation sites is 1. The van der Waals surface area contributed by atoms with Gasteiger partial charge in [-0.2, -0.15) is 0 Å². The van der Waals surface area contributed by atoms with Crippen LogP contribution in [0.5, 0.6) is 0 Å². The lowest BCUT2D eigenvalue weighted by atomic mass is 9.98. The first-order valence-electron chi connectivity index (χ1n) is 10.1. The first-order valence-corrected chi connectivity index (χ1v) is 10.4. The van der Waals surface area contributed by atoms with Gasteiger partial charge in [-0.3, -0.25) is 9.36 Å². The molecule has 1 heterocycles. The molecule has 2 aromatic carbocycles. The van der Waals surface area contributed by atoms with Crippen molar-refractivity contribution in [2.75, 3.05) is 27.2 Å². The zero-order valence-electron chi connectivity index (χ0n) is 18.4. The minimum absolute atomic E-state index is 0.224. The van der Waals surface area contributed by atoms with Gasteiger partial charge < -0.3 is 9.64 Å². The second kappa shape index (κ2) is 9.08. The normalized spacial score (nSPS) is 11.3. The van der Waals surface area contributed by atoms with E-state index in [0.29, 0.717) is 46.4 Å². The molecule has 31 heavy (non-hydrogen) atoms. The van der Waals surface area contributed by atoms with Crippen molar-refractivity contribution >= 4 is 28.5 Å². The number of esters is 1. The Bertz CT molecular complexity index is 1270. The van der Waals surface area contributed by atoms with E-state index < -0.39 is 17.2 Å². The van der Waals surface area contributed by atoms with Gasteiger partial charge in [-0.25, -0.2) is 14.2 Å². The zero-order chi connectivity index (χ0) is 22.9. The predicted octanol–water partition coefficient (Wildman–Crippen LogP) is 3.16. The van der Waals surface area contributed by atoms with E-state index in [1.807, 2.05) is 19.0 Å². The average molecular weight is 444 g/mol. The van der Waals surface area contributed by atoms with Gasteiger partial charge in [0.2, 0.25) is 0 Å². The number of carbonyl (C=O) groups is 1. The number of benzene rings is 2. The molecule has 8 heteroatoms. The number of ether oxygens (including phenoxy) is 1. The minimum atomic E-state index is -0.516. The molecule has 164 valence electrons. The van der Waals surface area contributed by atoms with Gasteiger partial charge in [-0.15, -0.1) is 0 Å². The van der Waals surface area contributed by atoms with Gasteiger partial charge in [-0.05, 0) is 64.2 Å². The highest BCUT2D eigenvalue weighted by Gasteiger charge is 2.23. The van der Waals surface area contributed by atoms with Crippen LogP contribution in [0.2, 0.25) is 5.02 Å². The van der Waals surface area contributed by atoms with Crippen LogP contribution in [-0.4, -0.2) is 47.3 Å². The first kappa shape index (κ1) is 22.8. The minimum Gasteiger partial charge on any atom is -0.462 e. The molecule has 0 aliphatic rings. The summed E-state index contributed by atoms with van der Waals surface area (Å²) in [6.07, 6.45) is 0. The zero-order valence-corrected chi connectivity index (χ0v) is 19.1. The molecule has 0 aliphatic heterocycles. The Hall–Kier alpha value is -2.90. The Balaban J connectivity index is 2.48. The molecule has 0 atom stereocenters. The summed E-state index contributed by atoms with van der Waals surface area (Å²) in [6.45, 7) is 6.40. The number of carbonyl (C=O) groups excluding carboxylic acids is 1. The van der Waals surface area contributed by atoms with E-state index in [2.05, 4.69) is 0 Å². The molecule has 3 rings (SSSR count). The summed E-state index contributed by atoms with van der Waals surface area (Å²) in [5, 5.41) is 0.586. The van der Waals surface area contributed by atoms with Crippen molar-refractivity contribution in [3.63, 3.8) is 0 Å². The molecule has 0 N–H and O–H groups in total. The Labute approximate surface area is 185 Å². The molecule has 0 saturated carbocycles. The smallest absolute Gasteiger partial charge is 0.338 e. The van der Waals surface area contributed by atoms with E-state index in [4.69, 9.17) is 16.3 Å². The maximum Gasteiger partial charge on any atom is 0.338 e. The molecule has 0 saturated heterocycles. The summed E-state index contributed by atoms with van der Waals surface area (Å²) in [7, 11) is 3.82. The van der Waals surface area contributed by atoms with Crippen molar-refractivity contribution < 1.29 is 9.53 Å². The molecular formula is C23H26ClN3O4. The van der Waals surface area contributed by atoms with Gasteiger partial charge in [0.15, 0.2) is 0 Å². The number of likely N-dealkylation sites (N-methyl/N-ethyl adjacent to an activating group) is 1. The number of halogens is 1. The van der Waals surface area contributed by atoms with Gasteiger partial charge in [0.1, 0.15) is 0 Å². The molecule has 0 spiro atoms. The highest BCUT2D eigenvalue weighted by molar-refractivity contribution is 6.32. The van der Waals surface area contributed by atoms with E-state index in [0.717, 1.165) is 4.57 Å². The van der Waals surface area contributed by atoms with Gasteiger partial charge >= 0.3 is 11.7 Å². The fraction of sp³-hybridized carbons (Fsp3) is 0.348. The Kier molecular flexibility index (Phi) is 6.67. The molecule has 0 amide bonds. The lowest BCUT2D eigenvalue weighted by Gasteiger charge is -2.19. The van der Waals surface area contributed by atoms with Crippen LogP contribution in [0, 0.1) is 13.8 Å². The van der Waals surface area contributed by atoms with Gasteiger partial charge in [0.05, 0.1) is 33.8 Å². The van der Waals surface area contributed by atoms with Crippen molar-refractivity contribution in [2.45, 2.75) is 27.3 Å². The Morgan fingerprint density at radius 1 is 1.16 bits per heavy atom. The van der Waals surface area contributed by atoms with Crippen molar-refractivity contribution in [3.8, 4) is 5.69 Å². The van der Waals surface area contributed by atoms with Crippen LogP contribution in [-0.2, 0) is 11.3 Å². The van der Waals surface area contributed by atoms with E-state index in [1.54, 1.807) is 55.7 Å². The summed E-state index contributed by atoms with van der Waals surface area (Å²) in [5.74, 6) is -0.492. The molecule has 0 radical (unpaired) electrons. The van der Waals surface area contributed by atoms with Crippen molar-refractivity contribution in [1.29, 1.82) is 0 Å². The summed E-state index contributed by atoms with van der Waals surface area (Å²) < 4.78 is 7.85. The predicted molar refractivity (Wildman–Crippen MR) is 123 cm³/mol. The third kappa shape index (κ3) is 4.16. The van der Waals surface area contributed by atoms with Crippen LogP contribution in [0.25, 0.3) is 16.6 Å². The summed E-state index contributed by atoms with van der Waals surface area (Å²) in [5.41, 5.74) is 1.28. The Morgan fingerprint density at radius 2 is 1.84 bits per heavy atom. The molecular weight excluding hydrogens is 418 g/mol. The van der Waals surface area contributed by atoms with Gasteiger partial charge in [0, 0.05) is 13.1 Å². The van der Waals surface area contributed by atoms with Crippen LogP contribution in [0.3, 0.4) is 0 Å². The second-order valence-corrected chi connectivity index (χ2v) is 8.04. The maximum absolute atomic E-state index is 13.6. The molecule has 7 nitrogen and oxygen atoms in total. The number of hydrogen-bond acceptors (Lipinski definition) is 5. The van der Waals surface area contributed by atoms with Crippen LogP contribution >= 0.6 is 11.6 Å². The molecule has 0 bridgehead atoms. The number of rotatable bonds is 6. The third-order valence-electron chi connectivity index (χ3n) is 5.23. The summed E-state index contributed by atoms with van der Waals surface area (Å²) >= 11 is 6.33. The van der Waals surface area contributed by atoms with Gasteiger partial charge in [0.25, 0.3) is 5.56 Å². The maximum atomic E-state index is 13.6. The fourth-order valence-corrected chi connectivity index (χ4v) is 3.97. The molecule has 0 unspecified atom stereocenters. The topological polar surface area (TPSA) is 73.5 Å². The number of fused-ring (bicyclic) bond motifs is 1. The van der Waals surface area contributed by atoms with Crippen LogP contribution in [0.4, 0.5) is 0 Å². The quantitative estimate of drug-likeness (QED) is 0.547. The first-order chi connectivity index (χ1) is 14.7. The number of hydrogen-bond donors (Lipinski definition) is 0. The van der Waals surface area contributed by atoms with Crippen LogP contribution in [0.1, 0.15) is 28.4 Å². The average Bonchev–Trinajstić information content (AvgIpc) is 2.68. The highest BCUT2D eigenvalue weighted by Crippen LogP contribution is 2.25. The second-order valence-electron chi connectivity index (χ2n) is 7.64. The van der Waals surface area contributed by atoms with Crippen molar-refractivity contribution in [1.82, 2.24) is 14.0 Å². The standard InChI is InChI=1S/C23H26ClN3O4/c1-6-31-22(29)19-14(2)13-18-20(15(19)3)21(28)27(17-10-8-7-9-16(17)24)23(30)26(18)12-11-25(4)5/h7-10,13H,6,11-12H2,1-5H3. The molecule has 0 fully saturated rings. The van der Waals surface area contributed by atoms with Gasteiger partial charge in [-0.1, -0.05) is 23.7 Å². The van der Waals surface area contributed by atoms with E-state index in [1.165, 1.54) is 0 Å². The number of nitrogens with zero attached hydrogens (tertiary/aromatic N) is 3. The number of aromatic nitrogens is 2. The van der Waals surface area contributed by atoms with E-state index >= 15 is 0 Å². The van der Waals surface area contributed by atoms with E-state index in [-0.39, 0.29) is 11.6 Å². The van der Waals surface area contributed by atoms with Crippen LogP contribution < -0.4 is 11.2 Å². The number of aryl methyl sites for hydroxylation is 2. The van der Waals surface area contributed by atoms with Crippen molar-refractivity contribution in [2.24, 2.45) is 0 Å². The lowest BCUT2D eigenvalue weighted by Crippen LogP contribution is -2.41. The Morgan fingerprint density at radius 3 is 2.45 bits per heavy atom. The van der Waals surface area contributed by atoms with Crippen molar-refractivity contribution in [3.05, 3.63) is 72.9 Å². The summed E-state index contributed by atoms with van der Waals surface area (Å²) in [4.78, 5) is 41.6.